The van der Waals surface area contributed by atoms with Crippen LogP contribution in [0.4, 0.5) is 5.82 Å². The number of nitrogens with one attached hydrogen (secondary N) is 1. The lowest BCUT2D eigenvalue weighted by molar-refractivity contribution is 0.947. The highest BCUT2D eigenvalue weighted by molar-refractivity contribution is 7.16. The molecule has 0 bridgehead atoms. The Morgan fingerprint density at radius 2 is 2.00 bits per heavy atom. The average molecular weight is 284 g/mol. The van der Waals surface area contributed by atoms with Gasteiger partial charge in [-0.05, 0) is 35.6 Å². The third kappa shape index (κ3) is 2.77. The molecule has 0 radical (unpaired) electrons. The first kappa shape index (κ1) is 13.0. The molecule has 20 heavy (non-hydrogen) atoms. The van der Waals surface area contributed by atoms with Gasteiger partial charge in [0, 0.05) is 25.4 Å². The standard InChI is InChI=1S/C15H16N4S/c1-2-6-17-14-12-5-9-20-15(12)19-13(18-14)10-11-3-7-16-8-4-11/h3-5,7-9H,2,6,10H2,1H3,(H,17,18,19). The molecule has 3 aromatic heterocycles. The molecule has 0 aliphatic rings. The zero-order valence-corrected chi connectivity index (χ0v) is 12.2. The zero-order chi connectivity index (χ0) is 13.8. The van der Waals surface area contributed by atoms with Gasteiger partial charge in [-0.15, -0.1) is 11.3 Å². The first-order chi connectivity index (χ1) is 9.86. The van der Waals surface area contributed by atoms with E-state index in [1.807, 2.05) is 12.1 Å². The second kappa shape index (κ2) is 5.96. The molecule has 0 unspecified atom stereocenters. The van der Waals surface area contributed by atoms with Crippen LogP contribution >= 0.6 is 11.3 Å². The molecule has 0 aliphatic heterocycles. The molecule has 102 valence electrons. The molecule has 0 saturated heterocycles. The Morgan fingerprint density at radius 1 is 1.15 bits per heavy atom. The van der Waals surface area contributed by atoms with Gasteiger partial charge in [0.1, 0.15) is 16.5 Å². The molecule has 0 amide bonds. The Labute approximate surface area is 121 Å². The normalized spacial score (nSPS) is 10.8. The largest absolute Gasteiger partial charge is 0.369 e. The number of aromatic nitrogens is 3. The first-order valence-corrected chi connectivity index (χ1v) is 7.61. The quantitative estimate of drug-likeness (QED) is 0.779. The first-order valence-electron chi connectivity index (χ1n) is 6.73. The molecule has 3 aromatic rings. The number of nitrogens with zero attached hydrogens (tertiary/aromatic N) is 3. The van der Waals surface area contributed by atoms with E-state index in [1.54, 1.807) is 23.7 Å². The zero-order valence-electron chi connectivity index (χ0n) is 11.3. The molecule has 3 rings (SSSR count). The second-order valence-corrected chi connectivity index (χ2v) is 5.48. The highest BCUT2D eigenvalue weighted by atomic mass is 32.1. The van der Waals surface area contributed by atoms with Gasteiger partial charge in [0.25, 0.3) is 0 Å². The van der Waals surface area contributed by atoms with Crippen molar-refractivity contribution in [2.45, 2.75) is 19.8 Å². The van der Waals surface area contributed by atoms with E-state index in [9.17, 15) is 0 Å². The summed E-state index contributed by atoms with van der Waals surface area (Å²) in [7, 11) is 0. The molecule has 5 heteroatoms. The maximum absolute atomic E-state index is 4.67. The Balaban J connectivity index is 1.94. The minimum absolute atomic E-state index is 0.733. The van der Waals surface area contributed by atoms with Gasteiger partial charge >= 0.3 is 0 Å². The summed E-state index contributed by atoms with van der Waals surface area (Å²) in [5.41, 5.74) is 1.18. The Morgan fingerprint density at radius 3 is 2.80 bits per heavy atom. The lowest BCUT2D eigenvalue weighted by atomic mass is 10.2. The van der Waals surface area contributed by atoms with Crippen LogP contribution < -0.4 is 5.32 Å². The topological polar surface area (TPSA) is 50.7 Å². The third-order valence-corrected chi connectivity index (χ3v) is 3.83. The van der Waals surface area contributed by atoms with Crippen molar-refractivity contribution in [2.24, 2.45) is 0 Å². The van der Waals surface area contributed by atoms with Crippen LogP contribution in [0.15, 0.2) is 36.0 Å². The molecule has 0 aromatic carbocycles. The molecule has 0 spiro atoms. The maximum Gasteiger partial charge on any atom is 0.138 e. The van der Waals surface area contributed by atoms with Gasteiger partial charge in [0.05, 0.1) is 5.39 Å². The number of anilines is 1. The Kier molecular flexibility index (Phi) is 3.87. The summed E-state index contributed by atoms with van der Waals surface area (Å²) in [5.74, 6) is 1.80. The van der Waals surface area contributed by atoms with Gasteiger partial charge in [-0.1, -0.05) is 6.92 Å². The van der Waals surface area contributed by atoms with Gasteiger partial charge in [0.15, 0.2) is 0 Å². The van der Waals surface area contributed by atoms with E-state index in [4.69, 9.17) is 0 Å². The highest BCUT2D eigenvalue weighted by Crippen LogP contribution is 2.25. The SMILES string of the molecule is CCCNc1nc(Cc2ccncc2)nc2sccc12. The number of hydrogen-bond acceptors (Lipinski definition) is 5. The third-order valence-electron chi connectivity index (χ3n) is 3.03. The molecule has 0 atom stereocenters. The summed E-state index contributed by atoms with van der Waals surface area (Å²) in [5, 5.41) is 6.57. The van der Waals surface area contributed by atoms with Crippen molar-refractivity contribution in [1.29, 1.82) is 0 Å². The number of fused-ring (bicyclic) bond motifs is 1. The summed E-state index contributed by atoms with van der Waals surface area (Å²) in [6.45, 7) is 3.08. The summed E-state index contributed by atoms with van der Waals surface area (Å²) >= 11 is 1.66. The molecule has 0 saturated carbocycles. The van der Waals surface area contributed by atoms with Crippen LogP contribution in [0.2, 0.25) is 0 Å². The number of rotatable bonds is 5. The van der Waals surface area contributed by atoms with Gasteiger partial charge in [-0.2, -0.15) is 0 Å². The lowest BCUT2D eigenvalue weighted by Gasteiger charge is -2.08. The van der Waals surface area contributed by atoms with Crippen molar-refractivity contribution in [3.63, 3.8) is 0 Å². The molecule has 4 nitrogen and oxygen atoms in total. The van der Waals surface area contributed by atoms with E-state index >= 15 is 0 Å². The van der Waals surface area contributed by atoms with Crippen LogP contribution in [-0.4, -0.2) is 21.5 Å². The van der Waals surface area contributed by atoms with Crippen LogP contribution in [0.25, 0.3) is 10.2 Å². The van der Waals surface area contributed by atoms with Crippen LogP contribution in [0, 0.1) is 0 Å². The van der Waals surface area contributed by atoms with E-state index in [0.29, 0.717) is 0 Å². The molecule has 3 heterocycles. The van der Waals surface area contributed by atoms with Gasteiger partial charge in [-0.3, -0.25) is 4.98 Å². The van der Waals surface area contributed by atoms with Crippen molar-refractivity contribution in [3.8, 4) is 0 Å². The Hall–Kier alpha value is -2.01. The van der Waals surface area contributed by atoms with Crippen molar-refractivity contribution >= 4 is 27.4 Å². The minimum atomic E-state index is 0.733. The number of hydrogen-bond donors (Lipinski definition) is 1. The summed E-state index contributed by atoms with van der Waals surface area (Å²) < 4.78 is 0. The fraction of sp³-hybridized carbons (Fsp3) is 0.267. The van der Waals surface area contributed by atoms with Crippen LogP contribution in [0.3, 0.4) is 0 Å². The monoisotopic (exact) mass is 284 g/mol. The van der Waals surface area contributed by atoms with Gasteiger partial charge in [-0.25, -0.2) is 9.97 Å². The minimum Gasteiger partial charge on any atom is -0.369 e. The van der Waals surface area contributed by atoms with Crippen molar-refractivity contribution < 1.29 is 0 Å². The fourth-order valence-corrected chi connectivity index (χ4v) is 2.82. The van der Waals surface area contributed by atoms with E-state index in [1.165, 1.54) is 5.56 Å². The van der Waals surface area contributed by atoms with Gasteiger partial charge in [0.2, 0.25) is 0 Å². The van der Waals surface area contributed by atoms with Crippen LogP contribution in [-0.2, 0) is 6.42 Å². The lowest BCUT2D eigenvalue weighted by Crippen LogP contribution is -2.06. The predicted molar refractivity (Wildman–Crippen MR) is 83.2 cm³/mol. The molecule has 1 N–H and O–H groups in total. The summed E-state index contributed by atoms with van der Waals surface area (Å²) in [6.07, 6.45) is 5.41. The molecular weight excluding hydrogens is 268 g/mol. The van der Waals surface area contributed by atoms with Gasteiger partial charge < -0.3 is 5.32 Å². The predicted octanol–water partition coefficient (Wildman–Crippen LogP) is 3.50. The fourth-order valence-electron chi connectivity index (χ4n) is 2.04. The average Bonchev–Trinajstić information content (AvgIpc) is 2.94. The van der Waals surface area contributed by atoms with E-state index in [2.05, 4.69) is 38.6 Å². The summed E-state index contributed by atoms with van der Waals surface area (Å²) in [6, 6.07) is 6.08. The second-order valence-electron chi connectivity index (χ2n) is 4.59. The van der Waals surface area contributed by atoms with E-state index < -0.39 is 0 Å². The van der Waals surface area contributed by atoms with E-state index in [0.717, 1.165) is 41.2 Å². The summed E-state index contributed by atoms with van der Waals surface area (Å²) in [4.78, 5) is 14.4. The molecule has 0 fully saturated rings. The van der Waals surface area contributed by atoms with Crippen LogP contribution in [0.5, 0.6) is 0 Å². The highest BCUT2D eigenvalue weighted by Gasteiger charge is 2.09. The number of thiophene rings is 1. The maximum atomic E-state index is 4.67. The molecule has 0 aliphatic carbocycles. The van der Waals surface area contributed by atoms with Crippen molar-refractivity contribution in [1.82, 2.24) is 15.0 Å². The Bertz CT molecular complexity index is 693. The van der Waals surface area contributed by atoms with E-state index in [-0.39, 0.29) is 0 Å². The molecular formula is C15H16N4S. The van der Waals surface area contributed by atoms with Crippen molar-refractivity contribution in [2.75, 3.05) is 11.9 Å². The van der Waals surface area contributed by atoms with Crippen molar-refractivity contribution in [3.05, 3.63) is 47.4 Å². The number of pyridine rings is 1. The smallest absolute Gasteiger partial charge is 0.138 e. The van der Waals surface area contributed by atoms with Crippen LogP contribution in [0.1, 0.15) is 24.7 Å².